The van der Waals surface area contributed by atoms with E-state index >= 15 is 0 Å². The van der Waals surface area contributed by atoms with E-state index in [9.17, 15) is 9.90 Å². The van der Waals surface area contributed by atoms with E-state index in [4.69, 9.17) is 9.84 Å². The number of rotatable bonds is 9. The van der Waals surface area contributed by atoms with Crippen LogP contribution in [0, 0.1) is 6.92 Å². The van der Waals surface area contributed by atoms with Gasteiger partial charge in [0.05, 0.1) is 6.54 Å². The number of hydrogen-bond acceptors (Lipinski definition) is 4. The molecule has 3 aromatic rings. The fourth-order valence-electron chi connectivity index (χ4n) is 3.13. The lowest BCUT2D eigenvalue weighted by atomic mass is 10.1. The molecule has 0 saturated heterocycles. The first-order chi connectivity index (χ1) is 14.4. The van der Waals surface area contributed by atoms with E-state index < -0.39 is 5.97 Å². The van der Waals surface area contributed by atoms with Crippen LogP contribution in [0.2, 0.25) is 0 Å². The number of benzene rings is 2. The predicted octanol–water partition coefficient (Wildman–Crippen LogP) is 4.80. The topological polar surface area (TPSA) is 84.6 Å². The van der Waals surface area contributed by atoms with Gasteiger partial charge in [-0.05, 0) is 56.7 Å². The van der Waals surface area contributed by atoms with Crippen LogP contribution in [0.4, 0.5) is 0 Å². The average Bonchev–Trinajstić information content (AvgIpc) is 3.08. The van der Waals surface area contributed by atoms with Crippen LogP contribution < -0.4 is 4.74 Å². The molecular weight excluding hydrogens is 380 g/mol. The Hall–Kier alpha value is -3.54. The minimum absolute atomic E-state index is 0.124. The van der Waals surface area contributed by atoms with E-state index in [0.717, 1.165) is 34.0 Å². The maximum atomic E-state index is 10.7. The van der Waals surface area contributed by atoms with Crippen molar-refractivity contribution in [3.8, 4) is 22.9 Å². The summed E-state index contributed by atoms with van der Waals surface area (Å²) in [5.41, 5.74) is 3.97. The van der Waals surface area contributed by atoms with Crippen molar-refractivity contribution in [1.82, 2.24) is 9.55 Å². The van der Waals surface area contributed by atoms with E-state index in [2.05, 4.69) is 9.55 Å². The van der Waals surface area contributed by atoms with Crippen LogP contribution in [0.3, 0.4) is 0 Å². The molecule has 0 aliphatic rings. The maximum Gasteiger partial charge on any atom is 0.303 e. The number of aromatic nitrogens is 2. The molecule has 30 heavy (non-hydrogen) atoms. The van der Waals surface area contributed by atoms with Crippen molar-refractivity contribution in [3.63, 3.8) is 0 Å². The number of carboxylic acids is 1. The number of aryl methyl sites for hydroxylation is 1. The fraction of sp³-hybridized carbons (Fsp3) is 0.250. The van der Waals surface area contributed by atoms with Crippen LogP contribution in [0.15, 0.2) is 66.4 Å². The molecule has 0 spiro atoms. The number of aliphatic carboxylic acids is 1. The summed E-state index contributed by atoms with van der Waals surface area (Å²) in [6.45, 7) is 4.90. The van der Waals surface area contributed by atoms with Gasteiger partial charge in [-0.15, -0.1) is 0 Å². The third-order valence-corrected chi connectivity index (χ3v) is 4.89. The van der Waals surface area contributed by atoms with Crippen LogP contribution in [0.25, 0.3) is 11.4 Å². The Bertz CT molecular complexity index is 1040. The molecule has 156 valence electrons. The van der Waals surface area contributed by atoms with E-state index in [0.29, 0.717) is 19.6 Å². The van der Waals surface area contributed by atoms with E-state index in [-0.39, 0.29) is 12.2 Å². The quantitative estimate of drug-likeness (QED) is 0.499. The van der Waals surface area contributed by atoms with Crippen molar-refractivity contribution in [3.05, 3.63) is 77.6 Å². The zero-order valence-corrected chi connectivity index (χ0v) is 17.2. The number of nitrogens with zero attached hydrogens (tertiary/aromatic N) is 2. The van der Waals surface area contributed by atoms with Crippen molar-refractivity contribution < 1.29 is 19.7 Å². The average molecular weight is 406 g/mol. The molecule has 0 aliphatic carbocycles. The van der Waals surface area contributed by atoms with Crippen LogP contribution in [-0.4, -0.2) is 32.3 Å². The van der Waals surface area contributed by atoms with Crippen molar-refractivity contribution in [1.29, 1.82) is 0 Å². The molecule has 6 heteroatoms. The number of ether oxygens (including phenoxy) is 1. The van der Waals surface area contributed by atoms with Crippen molar-refractivity contribution in [2.75, 3.05) is 6.61 Å². The van der Waals surface area contributed by atoms with Gasteiger partial charge >= 0.3 is 5.97 Å². The zero-order valence-electron chi connectivity index (χ0n) is 17.2. The highest BCUT2D eigenvalue weighted by Gasteiger charge is 2.12. The number of carboxylic acid groups (broad SMARTS) is 1. The number of phenolic OH excluding ortho intramolecular Hbond substituents is 1. The summed E-state index contributed by atoms with van der Waals surface area (Å²) in [6, 6.07) is 14.9. The van der Waals surface area contributed by atoms with Crippen molar-refractivity contribution >= 4 is 5.97 Å². The summed E-state index contributed by atoms with van der Waals surface area (Å²) in [4.78, 5) is 15.2. The van der Waals surface area contributed by atoms with Crippen LogP contribution >= 0.6 is 0 Å². The number of imidazole rings is 1. The highest BCUT2D eigenvalue weighted by Crippen LogP contribution is 2.26. The molecule has 0 saturated carbocycles. The van der Waals surface area contributed by atoms with Crippen molar-refractivity contribution in [2.45, 2.75) is 33.2 Å². The Kier molecular flexibility index (Phi) is 6.91. The minimum Gasteiger partial charge on any atom is -0.508 e. The summed E-state index contributed by atoms with van der Waals surface area (Å²) in [7, 11) is 0. The number of phenols is 1. The van der Waals surface area contributed by atoms with Crippen LogP contribution in [-0.2, 0) is 11.3 Å². The van der Waals surface area contributed by atoms with Crippen LogP contribution in [0.1, 0.15) is 31.0 Å². The molecular formula is C24H26N2O4. The maximum absolute atomic E-state index is 10.7. The van der Waals surface area contributed by atoms with Crippen LogP contribution in [0.5, 0.6) is 11.5 Å². The Morgan fingerprint density at radius 3 is 2.60 bits per heavy atom. The number of aromatic hydroxyl groups is 1. The first-order valence-corrected chi connectivity index (χ1v) is 9.83. The van der Waals surface area contributed by atoms with Gasteiger partial charge in [0.2, 0.25) is 0 Å². The highest BCUT2D eigenvalue weighted by molar-refractivity contribution is 5.67. The summed E-state index contributed by atoms with van der Waals surface area (Å²) >= 11 is 0. The normalized spacial score (nSPS) is 11.5. The monoisotopic (exact) mass is 406 g/mol. The molecule has 0 radical (unpaired) electrons. The lowest BCUT2D eigenvalue weighted by molar-refractivity contribution is -0.136. The smallest absolute Gasteiger partial charge is 0.303 e. The molecule has 1 aromatic heterocycles. The second-order valence-electron chi connectivity index (χ2n) is 7.22. The summed E-state index contributed by atoms with van der Waals surface area (Å²) in [5.74, 6) is 1.03. The van der Waals surface area contributed by atoms with Gasteiger partial charge in [-0.1, -0.05) is 23.8 Å². The van der Waals surface area contributed by atoms with Gasteiger partial charge in [-0.2, -0.15) is 0 Å². The minimum atomic E-state index is -0.797. The molecule has 6 nitrogen and oxygen atoms in total. The second kappa shape index (κ2) is 9.78. The fourth-order valence-corrected chi connectivity index (χ4v) is 3.13. The molecule has 0 aliphatic heterocycles. The molecule has 1 heterocycles. The molecule has 2 aromatic carbocycles. The first kappa shape index (κ1) is 21.2. The molecule has 0 atom stereocenters. The third kappa shape index (κ3) is 5.50. The molecule has 0 fully saturated rings. The summed E-state index contributed by atoms with van der Waals surface area (Å²) in [5, 5.41) is 18.3. The zero-order chi connectivity index (χ0) is 21.5. The van der Waals surface area contributed by atoms with Gasteiger partial charge in [0, 0.05) is 29.4 Å². The summed E-state index contributed by atoms with van der Waals surface area (Å²) in [6.07, 6.45) is 4.40. The molecule has 0 unspecified atom stereocenters. The molecule has 0 amide bonds. The van der Waals surface area contributed by atoms with Crippen molar-refractivity contribution in [2.24, 2.45) is 0 Å². The van der Waals surface area contributed by atoms with E-state index in [1.807, 2.05) is 62.5 Å². The summed E-state index contributed by atoms with van der Waals surface area (Å²) < 4.78 is 8.09. The van der Waals surface area contributed by atoms with Gasteiger partial charge in [0.15, 0.2) is 0 Å². The largest absolute Gasteiger partial charge is 0.508 e. The Morgan fingerprint density at radius 2 is 1.87 bits per heavy atom. The molecule has 3 rings (SSSR count). The molecule has 2 N–H and O–H groups in total. The number of carbonyl (C=O) groups is 1. The molecule has 0 bridgehead atoms. The number of para-hydroxylation sites is 1. The van der Waals surface area contributed by atoms with E-state index in [1.54, 1.807) is 12.1 Å². The standard InChI is InChI=1S/C24H26N2O4/c1-17(7-12-23(28)29)13-14-30-22-6-4-3-5-20(22)16-26-18(2)15-25-24(26)19-8-10-21(27)11-9-19/h3-6,8-11,13,15,27H,7,12,14,16H2,1-2H3,(H,28,29)/b17-13+. The Labute approximate surface area is 176 Å². The number of allylic oxidation sites excluding steroid dienone is 1. The third-order valence-electron chi connectivity index (χ3n) is 4.89. The Balaban J connectivity index is 1.76. The van der Waals surface area contributed by atoms with Gasteiger partial charge in [0.25, 0.3) is 0 Å². The lowest BCUT2D eigenvalue weighted by Gasteiger charge is -2.14. The van der Waals surface area contributed by atoms with Gasteiger partial charge in [-0.3, -0.25) is 4.79 Å². The highest BCUT2D eigenvalue weighted by atomic mass is 16.5. The second-order valence-corrected chi connectivity index (χ2v) is 7.22. The van der Waals surface area contributed by atoms with Gasteiger partial charge < -0.3 is 19.5 Å². The Morgan fingerprint density at radius 1 is 1.13 bits per heavy atom. The SMILES string of the molecule is C/C(=C\COc1ccccc1Cn1c(C)cnc1-c1ccc(O)cc1)CCC(=O)O. The van der Waals surface area contributed by atoms with Gasteiger partial charge in [0.1, 0.15) is 23.9 Å². The first-order valence-electron chi connectivity index (χ1n) is 9.83. The lowest BCUT2D eigenvalue weighted by Crippen LogP contribution is -2.07. The number of hydrogen-bond donors (Lipinski definition) is 2. The van der Waals surface area contributed by atoms with E-state index in [1.165, 1.54) is 0 Å². The predicted molar refractivity (Wildman–Crippen MR) is 116 cm³/mol. The van der Waals surface area contributed by atoms with Gasteiger partial charge in [-0.25, -0.2) is 4.98 Å².